The number of amides is 1. The molecule has 1 aromatic carbocycles. The number of nitrogens with zero attached hydrogens (tertiary/aromatic N) is 3. The lowest BCUT2D eigenvalue weighted by Gasteiger charge is -2.24. The van der Waals surface area contributed by atoms with Crippen LogP contribution in [0.1, 0.15) is 20.1 Å². The van der Waals surface area contributed by atoms with Gasteiger partial charge in [-0.2, -0.15) is 4.98 Å². The zero-order valence-corrected chi connectivity index (χ0v) is 19.8. The zero-order valence-electron chi connectivity index (χ0n) is 18.2. The van der Waals surface area contributed by atoms with Gasteiger partial charge in [0.2, 0.25) is 5.95 Å². The number of benzene rings is 1. The summed E-state index contributed by atoms with van der Waals surface area (Å²) >= 11 is 3.33. The van der Waals surface area contributed by atoms with Crippen LogP contribution in [-0.4, -0.2) is 67.8 Å². The van der Waals surface area contributed by atoms with E-state index in [1.165, 1.54) is 10.9 Å². The van der Waals surface area contributed by atoms with Gasteiger partial charge in [-0.15, -0.1) is 0 Å². The van der Waals surface area contributed by atoms with Crippen LogP contribution in [0.3, 0.4) is 0 Å². The number of nitrogens with one attached hydrogen (secondary N) is 2. The monoisotopic (exact) mass is 535 g/mol. The number of halogens is 1. The number of aliphatic hydroxyl groups is 1. The lowest BCUT2D eigenvalue weighted by atomic mass is 10.1. The first-order chi connectivity index (χ1) is 16.2. The predicted molar refractivity (Wildman–Crippen MR) is 121 cm³/mol. The van der Waals surface area contributed by atoms with Crippen LogP contribution >= 0.6 is 15.9 Å². The predicted octanol–water partition coefficient (Wildman–Crippen LogP) is 1.31. The van der Waals surface area contributed by atoms with Gasteiger partial charge in [0.1, 0.15) is 24.1 Å². The van der Waals surface area contributed by atoms with E-state index < -0.39 is 41.8 Å². The molecule has 34 heavy (non-hydrogen) atoms. The molecule has 12 nitrogen and oxygen atoms in total. The summed E-state index contributed by atoms with van der Waals surface area (Å²) in [6, 6.07) is 7.01. The topological polar surface area (TPSA) is 150 Å². The van der Waals surface area contributed by atoms with Gasteiger partial charge in [-0.1, -0.05) is 15.9 Å². The van der Waals surface area contributed by atoms with Gasteiger partial charge in [0.25, 0.3) is 11.5 Å². The molecule has 3 aromatic rings. The van der Waals surface area contributed by atoms with Gasteiger partial charge >= 0.3 is 0 Å². The molecule has 2 fully saturated rings. The number of fused-ring (bicyclic) bond motifs is 2. The van der Waals surface area contributed by atoms with Gasteiger partial charge in [-0.25, -0.2) is 4.98 Å². The van der Waals surface area contributed by atoms with E-state index in [1.807, 2.05) is 0 Å². The Balaban J connectivity index is 1.37. The standard InChI is InChI=1S/C21H22BrN5O7/c1-21(2)33-15-12(7-28)32-19(16(15)34-21)27-9-23-14-17(27)25-20(26-18(14)30)24-13(29)8-31-11-5-3-10(22)4-6-11/h3-6,9,12,15-16,19,28H,7-8H2,1-2H3,(H2,24,25,26,29,30)/t12-,15+,16-,19+/m0/s1. The molecule has 180 valence electrons. The Labute approximate surface area is 201 Å². The molecule has 0 unspecified atom stereocenters. The Morgan fingerprint density at radius 1 is 1.29 bits per heavy atom. The van der Waals surface area contributed by atoms with Crippen molar-refractivity contribution < 1.29 is 28.8 Å². The highest BCUT2D eigenvalue weighted by molar-refractivity contribution is 9.10. The van der Waals surface area contributed by atoms with Crippen molar-refractivity contribution in [1.82, 2.24) is 19.5 Å². The smallest absolute Gasteiger partial charge is 0.280 e. The van der Waals surface area contributed by atoms with Crippen molar-refractivity contribution in [3.63, 3.8) is 0 Å². The van der Waals surface area contributed by atoms with Crippen molar-refractivity contribution in [2.45, 2.75) is 44.2 Å². The maximum absolute atomic E-state index is 12.6. The van der Waals surface area contributed by atoms with E-state index in [2.05, 4.69) is 36.2 Å². The molecule has 4 heterocycles. The van der Waals surface area contributed by atoms with Gasteiger partial charge in [0, 0.05) is 4.47 Å². The van der Waals surface area contributed by atoms with E-state index in [0.29, 0.717) is 5.75 Å². The fourth-order valence-corrected chi connectivity index (χ4v) is 4.31. The second-order valence-corrected chi connectivity index (χ2v) is 9.26. The average molecular weight is 536 g/mol. The number of hydrogen-bond acceptors (Lipinski definition) is 9. The van der Waals surface area contributed by atoms with Crippen LogP contribution in [0.4, 0.5) is 5.95 Å². The van der Waals surface area contributed by atoms with E-state index in [9.17, 15) is 14.7 Å². The molecular formula is C21H22BrN5O7. The minimum absolute atomic E-state index is 0.0647. The molecule has 1 amide bonds. The maximum atomic E-state index is 12.6. The van der Waals surface area contributed by atoms with Gasteiger partial charge in [-0.3, -0.25) is 24.5 Å². The van der Waals surface area contributed by atoms with Crippen LogP contribution in [0.5, 0.6) is 5.75 Å². The largest absolute Gasteiger partial charge is 0.484 e. The quantitative estimate of drug-likeness (QED) is 0.424. The van der Waals surface area contributed by atoms with E-state index >= 15 is 0 Å². The Bertz CT molecular complexity index is 1270. The van der Waals surface area contributed by atoms with Crippen LogP contribution in [-0.2, 0) is 19.0 Å². The molecule has 13 heteroatoms. The van der Waals surface area contributed by atoms with Crippen LogP contribution in [0.25, 0.3) is 11.2 Å². The highest BCUT2D eigenvalue weighted by atomic mass is 79.9. The summed E-state index contributed by atoms with van der Waals surface area (Å²) in [4.78, 5) is 35.9. The number of carbonyl (C=O) groups excluding carboxylic acids is 1. The number of aromatic amines is 1. The lowest BCUT2D eigenvalue weighted by molar-refractivity contribution is -0.199. The molecule has 0 aliphatic carbocycles. The molecule has 0 spiro atoms. The normalized spacial score (nSPS) is 25.4. The maximum Gasteiger partial charge on any atom is 0.280 e. The Morgan fingerprint density at radius 3 is 2.76 bits per heavy atom. The van der Waals surface area contributed by atoms with Crippen molar-refractivity contribution in [3.05, 3.63) is 45.4 Å². The second-order valence-electron chi connectivity index (χ2n) is 8.34. The van der Waals surface area contributed by atoms with Crippen molar-refractivity contribution in [2.75, 3.05) is 18.5 Å². The molecule has 0 bridgehead atoms. The summed E-state index contributed by atoms with van der Waals surface area (Å²) in [6.45, 7) is 3.00. The second kappa shape index (κ2) is 8.74. The van der Waals surface area contributed by atoms with Crippen molar-refractivity contribution in [2.24, 2.45) is 0 Å². The Morgan fingerprint density at radius 2 is 2.03 bits per heavy atom. The van der Waals surface area contributed by atoms with Gasteiger partial charge in [0.05, 0.1) is 12.9 Å². The van der Waals surface area contributed by atoms with Crippen LogP contribution in [0.15, 0.2) is 39.9 Å². The summed E-state index contributed by atoms with van der Waals surface area (Å²) in [5, 5.41) is 12.3. The first-order valence-electron chi connectivity index (χ1n) is 10.5. The van der Waals surface area contributed by atoms with Crippen LogP contribution in [0.2, 0.25) is 0 Å². The zero-order chi connectivity index (χ0) is 24.0. The SMILES string of the molecule is CC1(C)O[C@H]2[C@H](O1)[C@H](n1cnc3c(=O)[nH]c(NC(=O)COc4ccc(Br)cc4)nc31)O[C@H]2CO. The summed E-state index contributed by atoms with van der Waals surface area (Å²) in [5.74, 6) is -0.925. The summed E-state index contributed by atoms with van der Waals surface area (Å²) in [7, 11) is 0. The number of aliphatic hydroxyl groups excluding tert-OH is 1. The molecule has 2 aliphatic heterocycles. The lowest BCUT2D eigenvalue weighted by Crippen LogP contribution is -2.31. The Kier molecular flexibility index (Phi) is 5.90. The third-order valence-corrected chi connectivity index (χ3v) is 5.98. The minimum Gasteiger partial charge on any atom is -0.484 e. The fourth-order valence-electron chi connectivity index (χ4n) is 4.05. The van der Waals surface area contributed by atoms with Gasteiger partial charge in [0.15, 0.2) is 29.8 Å². The summed E-state index contributed by atoms with van der Waals surface area (Å²) < 4.78 is 25.7. The fraction of sp³-hybridized carbons (Fsp3) is 0.429. The number of ether oxygens (including phenoxy) is 4. The van der Waals surface area contributed by atoms with E-state index in [0.717, 1.165) is 4.47 Å². The molecule has 2 saturated heterocycles. The first-order valence-corrected chi connectivity index (χ1v) is 11.3. The van der Waals surface area contributed by atoms with Crippen molar-refractivity contribution in [3.8, 4) is 5.75 Å². The third kappa shape index (κ3) is 4.32. The molecule has 0 saturated carbocycles. The van der Waals surface area contributed by atoms with Gasteiger partial charge < -0.3 is 24.1 Å². The molecule has 3 N–H and O–H groups in total. The highest BCUT2D eigenvalue weighted by Crippen LogP contribution is 2.43. The molecule has 2 aromatic heterocycles. The summed E-state index contributed by atoms with van der Waals surface area (Å²) in [6.07, 6.45) is -1.01. The molecule has 5 rings (SSSR count). The molecular weight excluding hydrogens is 514 g/mol. The van der Waals surface area contributed by atoms with Crippen LogP contribution in [0, 0.1) is 0 Å². The van der Waals surface area contributed by atoms with E-state index in [4.69, 9.17) is 18.9 Å². The number of carbonyl (C=O) groups is 1. The molecule has 2 aliphatic rings. The highest BCUT2D eigenvalue weighted by Gasteiger charge is 2.56. The average Bonchev–Trinajstić information content (AvgIpc) is 3.44. The van der Waals surface area contributed by atoms with Gasteiger partial charge in [-0.05, 0) is 38.1 Å². The number of rotatable bonds is 6. The Hall–Kier alpha value is -2.84. The van der Waals surface area contributed by atoms with Crippen molar-refractivity contribution >= 4 is 38.9 Å². The molecule has 4 atom stereocenters. The van der Waals surface area contributed by atoms with E-state index in [1.54, 1.807) is 38.1 Å². The third-order valence-electron chi connectivity index (χ3n) is 5.45. The number of aromatic nitrogens is 4. The number of H-pyrrole nitrogens is 1. The number of anilines is 1. The van der Waals surface area contributed by atoms with Crippen LogP contribution < -0.4 is 15.6 Å². The summed E-state index contributed by atoms with van der Waals surface area (Å²) in [5.41, 5.74) is -0.288. The number of imidazole rings is 1. The minimum atomic E-state index is -0.861. The molecule has 0 radical (unpaired) electrons. The first kappa shape index (κ1) is 22.9. The van der Waals surface area contributed by atoms with Crippen molar-refractivity contribution in [1.29, 1.82) is 0 Å². The van der Waals surface area contributed by atoms with E-state index in [-0.39, 0.29) is 30.3 Å². The number of hydrogen-bond donors (Lipinski definition) is 3.